The van der Waals surface area contributed by atoms with Crippen LogP contribution < -0.4 is 10.6 Å². The zero-order valence-corrected chi connectivity index (χ0v) is 18.9. The molecule has 1 fully saturated rings. The minimum absolute atomic E-state index is 0.0549. The van der Waals surface area contributed by atoms with Crippen molar-refractivity contribution in [1.82, 2.24) is 15.2 Å². The number of hydrogen-bond donors (Lipinski definition) is 2. The normalized spacial score (nSPS) is 17.7. The largest absolute Gasteiger partial charge is 0.439 e. The predicted octanol–water partition coefficient (Wildman–Crippen LogP) is 3.66. The monoisotopic (exact) mass is 498 g/mol. The number of anilines is 1. The van der Waals surface area contributed by atoms with Crippen molar-refractivity contribution in [3.63, 3.8) is 0 Å². The van der Waals surface area contributed by atoms with Gasteiger partial charge in [-0.1, -0.05) is 35.3 Å². The molecule has 3 heterocycles. The van der Waals surface area contributed by atoms with Crippen molar-refractivity contribution >= 4 is 52.5 Å². The lowest BCUT2D eigenvalue weighted by Gasteiger charge is -2.27. The Kier molecular flexibility index (Phi) is 5.59. The molecule has 2 aliphatic rings. The van der Waals surface area contributed by atoms with Crippen LogP contribution in [0.25, 0.3) is 11.5 Å². The average molecular weight is 499 g/mol. The first-order chi connectivity index (χ1) is 16.3. The molecule has 2 aromatic carbocycles. The Hall–Kier alpha value is -3.69. The molecule has 0 aliphatic carbocycles. The number of oxazole rings is 1. The van der Waals surface area contributed by atoms with Crippen LogP contribution in [0, 0.1) is 0 Å². The topological polar surface area (TPSA) is 122 Å². The van der Waals surface area contributed by atoms with E-state index in [1.165, 1.54) is 12.3 Å². The summed E-state index contributed by atoms with van der Waals surface area (Å²) >= 11 is 12.3. The SMILES string of the molecule is O=C1CCC(N2C(=O)c3cccc(NCc4cnc(-c5cccc(Cl)c5Cl)o4)c3C2=O)C(=O)N1. The molecule has 1 unspecified atom stereocenters. The van der Waals surface area contributed by atoms with Crippen LogP contribution in [0.4, 0.5) is 5.69 Å². The molecule has 1 atom stereocenters. The molecule has 5 rings (SSSR count). The van der Waals surface area contributed by atoms with Crippen molar-refractivity contribution in [3.8, 4) is 11.5 Å². The Morgan fingerprint density at radius 1 is 1.06 bits per heavy atom. The Balaban J connectivity index is 1.37. The van der Waals surface area contributed by atoms with Gasteiger partial charge in [-0.3, -0.25) is 29.4 Å². The second kappa shape index (κ2) is 8.58. The molecule has 0 radical (unpaired) electrons. The zero-order valence-electron chi connectivity index (χ0n) is 17.4. The second-order valence-corrected chi connectivity index (χ2v) is 8.55. The molecule has 0 saturated carbocycles. The van der Waals surface area contributed by atoms with Gasteiger partial charge in [-0.2, -0.15) is 0 Å². The van der Waals surface area contributed by atoms with Gasteiger partial charge in [0, 0.05) is 12.1 Å². The van der Waals surface area contributed by atoms with E-state index in [1.807, 2.05) is 0 Å². The number of amides is 4. The molecular weight excluding hydrogens is 483 g/mol. The van der Waals surface area contributed by atoms with Gasteiger partial charge in [-0.05, 0) is 30.7 Å². The smallest absolute Gasteiger partial charge is 0.264 e. The second-order valence-electron chi connectivity index (χ2n) is 7.76. The first kappa shape index (κ1) is 22.1. The summed E-state index contributed by atoms with van der Waals surface area (Å²) in [7, 11) is 0. The molecule has 0 spiro atoms. The minimum Gasteiger partial charge on any atom is -0.439 e. The molecule has 9 nitrogen and oxygen atoms in total. The number of rotatable bonds is 5. The van der Waals surface area contributed by atoms with Gasteiger partial charge in [0.2, 0.25) is 17.7 Å². The van der Waals surface area contributed by atoms with E-state index >= 15 is 0 Å². The van der Waals surface area contributed by atoms with E-state index < -0.39 is 29.7 Å². The van der Waals surface area contributed by atoms with E-state index in [9.17, 15) is 19.2 Å². The van der Waals surface area contributed by atoms with Crippen LogP contribution in [0.2, 0.25) is 10.0 Å². The zero-order chi connectivity index (χ0) is 24.0. The van der Waals surface area contributed by atoms with E-state index in [2.05, 4.69) is 15.6 Å². The van der Waals surface area contributed by atoms with E-state index in [0.717, 1.165) is 4.90 Å². The Bertz CT molecular complexity index is 1370. The maximum Gasteiger partial charge on any atom is 0.264 e. The van der Waals surface area contributed by atoms with Crippen LogP contribution in [-0.4, -0.2) is 39.6 Å². The van der Waals surface area contributed by atoms with Gasteiger partial charge in [0.05, 0.1) is 39.5 Å². The van der Waals surface area contributed by atoms with Gasteiger partial charge in [-0.15, -0.1) is 0 Å². The highest BCUT2D eigenvalue weighted by Crippen LogP contribution is 2.34. The number of piperidine rings is 1. The summed E-state index contributed by atoms with van der Waals surface area (Å²) in [5, 5.41) is 5.98. The molecule has 1 aromatic heterocycles. The molecule has 1 saturated heterocycles. The van der Waals surface area contributed by atoms with Crippen molar-refractivity contribution in [3.05, 3.63) is 69.5 Å². The number of fused-ring (bicyclic) bond motifs is 1. The van der Waals surface area contributed by atoms with Crippen LogP contribution in [-0.2, 0) is 16.1 Å². The van der Waals surface area contributed by atoms with Gasteiger partial charge in [0.1, 0.15) is 11.8 Å². The highest BCUT2D eigenvalue weighted by atomic mass is 35.5. The number of imide groups is 2. The third kappa shape index (κ3) is 3.72. The highest BCUT2D eigenvalue weighted by Gasteiger charge is 2.45. The molecule has 0 bridgehead atoms. The summed E-state index contributed by atoms with van der Waals surface area (Å²) < 4.78 is 5.77. The number of carbonyl (C=O) groups excluding carboxylic acids is 4. The number of nitrogens with zero attached hydrogens (tertiary/aromatic N) is 2. The fourth-order valence-electron chi connectivity index (χ4n) is 4.03. The van der Waals surface area contributed by atoms with E-state index in [4.69, 9.17) is 27.6 Å². The van der Waals surface area contributed by atoms with Crippen molar-refractivity contribution in [2.24, 2.45) is 0 Å². The number of hydrogen-bond acceptors (Lipinski definition) is 7. The van der Waals surface area contributed by atoms with Gasteiger partial charge in [0.25, 0.3) is 11.8 Å². The highest BCUT2D eigenvalue weighted by molar-refractivity contribution is 6.43. The maximum absolute atomic E-state index is 13.2. The lowest BCUT2D eigenvalue weighted by molar-refractivity contribution is -0.136. The van der Waals surface area contributed by atoms with Crippen LogP contribution >= 0.6 is 23.2 Å². The molecule has 172 valence electrons. The van der Waals surface area contributed by atoms with Crippen LogP contribution in [0.1, 0.15) is 39.3 Å². The molecule has 4 amide bonds. The summed E-state index contributed by atoms with van der Waals surface area (Å²) in [5.41, 5.74) is 1.30. The molecule has 2 N–H and O–H groups in total. The predicted molar refractivity (Wildman–Crippen MR) is 122 cm³/mol. The lowest BCUT2D eigenvalue weighted by atomic mass is 10.0. The molecule has 2 aliphatic heterocycles. The molecule has 34 heavy (non-hydrogen) atoms. The summed E-state index contributed by atoms with van der Waals surface area (Å²) in [6.07, 6.45) is 1.66. The summed E-state index contributed by atoms with van der Waals surface area (Å²) in [5.74, 6) is -1.50. The van der Waals surface area contributed by atoms with Crippen LogP contribution in [0.3, 0.4) is 0 Å². The standard InChI is InChI=1S/C23H16Cl2N4O5/c24-14-5-1-4-13(19(14)25)21-27-10-11(34-21)9-26-15-6-2-3-12-18(15)23(33)29(22(12)32)16-7-8-17(30)28-20(16)31/h1-6,10,16,26H,7-9H2,(H,28,30,31). The average Bonchev–Trinajstić information content (AvgIpc) is 3.38. The van der Waals surface area contributed by atoms with Gasteiger partial charge in [-0.25, -0.2) is 4.98 Å². The lowest BCUT2D eigenvalue weighted by Crippen LogP contribution is -2.54. The quantitative estimate of drug-likeness (QED) is 0.514. The number of halogens is 2. The number of carbonyl (C=O) groups is 4. The van der Waals surface area contributed by atoms with Crippen molar-refractivity contribution in [2.45, 2.75) is 25.4 Å². The summed E-state index contributed by atoms with van der Waals surface area (Å²) in [6, 6.07) is 8.91. The van der Waals surface area contributed by atoms with Gasteiger partial charge >= 0.3 is 0 Å². The van der Waals surface area contributed by atoms with E-state index in [0.29, 0.717) is 27.1 Å². The Labute approximate surface area is 203 Å². The fraction of sp³-hybridized carbons (Fsp3) is 0.174. The first-order valence-corrected chi connectivity index (χ1v) is 11.1. The summed E-state index contributed by atoms with van der Waals surface area (Å²) in [4.78, 5) is 55.0. The van der Waals surface area contributed by atoms with Crippen molar-refractivity contribution in [2.75, 3.05) is 5.32 Å². The summed E-state index contributed by atoms with van der Waals surface area (Å²) in [6.45, 7) is 0.168. The minimum atomic E-state index is -1.03. The van der Waals surface area contributed by atoms with Gasteiger partial charge in [0.15, 0.2) is 0 Å². The van der Waals surface area contributed by atoms with Crippen LogP contribution in [0.5, 0.6) is 0 Å². The maximum atomic E-state index is 13.2. The third-order valence-electron chi connectivity index (χ3n) is 5.66. The molecular formula is C23H16Cl2N4O5. The molecule has 11 heteroatoms. The van der Waals surface area contributed by atoms with E-state index in [1.54, 1.807) is 30.3 Å². The number of nitrogens with one attached hydrogen (secondary N) is 2. The van der Waals surface area contributed by atoms with Crippen LogP contribution in [0.15, 0.2) is 47.0 Å². The number of benzene rings is 2. The number of aromatic nitrogens is 1. The fourth-order valence-corrected chi connectivity index (χ4v) is 4.41. The van der Waals surface area contributed by atoms with Crippen molar-refractivity contribution < 1.29 is 23.6 Å². The van der Waals surface area contributed by atoms with Crippen molar-refractivity contribution in [1.29, 1.82) is 0 Å². The molecule has 3 aromatic rings. The Morgan fingerprint density at radius 3 is 2.62 bits per heavy atom. The first-order valence-electron chi connectivity index (χ1n) is 10.3. The van der Waals surface area contributed by atoms with Gasteiger partial charge < -0.3 is 9.73 Å². The van der Waals surface area contributed by atoms with E-state index in [-0.39, 0.29) is 36.4 Å². The Morgan fingerprint density at radius 2 is 1.82 bits per heavy atom. The third-order valence-corrected chi connectivity index (χ3v) is 6.48.